The number of aromatic nitrogens is 4. The molecule has 0 aliphatic rings. The fraction of sp³-hybridized carbons (Fsp3) is 0.306. The van der Waals surface area contributed by atoms with Gasteiger partial charge in [0.2, 0.25) is 0 Å². The highest BCUT2D eigenvalue weighted by Crippen LogP contribution is 2.50. The number of nitrogens with zero attached hydrogens (tertiary/aromatic N) is 4. The number of ether oxygens (including phenoxy) is 1. The molecule has 2 aromatic heterocycles. The Balaban J connectivity index is 1.58. The van der Waals surface area contributed by atoms with E-state index in [2.05, 4.69) is 53.4 Å². The predicted octanol–water partition coefficient (Wildman–Crippen LogP) is 8.06. The summed E-state index contributed by atoms with van der Waals surface area (Å²) in [6.07, 6.45) is 1.37. The predicted molar refractivity (Wildman–Crippen MR) is 185 cm³/mol. The summed E-state index contributed by atoms with van der Waals surface area (Å²) in [5.41, 5.74) is 6.76. The number of hydrogen-bond acceptors (Lipinski definition) is 9. The highest BCUT2D eigenvalue weighted by molar-refractivity contribution is 7.53. The van der Waals surface area contributed by atoms with Crippen molar-refractivity contribution in [2.45, 2.75) is 51.7 Å². The van der Waals surface area contributed by atoms with E-state index in [1.54, 1.807) is 6.33 Å². The number of nitrogens with one attached hydrogen (secondary N) is 1. The van der Waals surface area contributed by atoms with Crippen molar-refractivity contribution in [2.24, 2.45) is 0 Å². The molecule has 0 amide bonds. The van der Waals surface area contributed by atoms with Gasteiger partial charge in [-0.1, -0.05) is 97.6 Å². The fourth-order valence-corrected chi connectivity index (χ4v) is 7.44. The normalized spacial score (nSPS) is 12.2. The minimum absolute atomic E-state index is 0.163. The van der Waals surface area contributed by atoms with Crippen LogP contribution in [0.3, 0.4) is 0 Å². The molecule has 0 atom stereocenters. The molecular formula is C36H42N5O5P. The van der Waals surface area contributed by atoms with E-state index in [0.29, 0.717) is 34.9 Å². The number of imidazole rings is 1. The zero-order valence-electron chi connectivity index (χ0n) is 27.5. The Bertz CT molecular complexity index is 1700. The molecule has 0 bridgehead atoms. The molecule has 0 aliphatic carbocycles. The molecule has 246 valence electrons. The standard InChI is InChI=1S/C36H42N5O5P/c1-26(2)45-47(42,46-27(3)4)25-44-23-22-28(5)41-24-37-32-33(40-43-6)38-35(39-34(32)41)36(29-16-10-7-11-17-29,30-18-12-8-13-19-30)31-20-14-9-15-21-31/h7-21,24,26-27H,5,22-23,25H2,1-4,6H3,(H,38,39,40). The first-order valence-corrected chi connectivity index (χ1v) is 17.3. The molecule has 5 rings (SSSR count). The zero-order chi connectivity index (χ0) is 33.4. The third-order valence-corrected chi connectivity index (χ3v) is 9.40. The van der Waals surface area contributed by atoms with E-state index in [1.165, 1.54) is 7.11 Å². The van der Waals surface area contributed by atoms with Gasteiger partial charge in [-0.15, -0.1) is 0 Å². The maximum absolute atomic E-state index is 13.2. The van der Waals surface area contributed by atoms with Gasteiger partial charge in [-0.05, 0) is 44.4 Å². The smallest absolute Gasteiger partial charge is 0.356 e. The second kappa shape index (κ2) is 15.2. The van der Waals surface area contributed by atoms with Crippen molar-refractivity contribution >= 4 is 30.3 Å². The summed E-state index contributed by atoms with van der Waals surface area (Å²) >= 11 is 0. The van der Waals surface area contributed by atoms with Crippen LogP contribution in [0, 0.1) is 0 Å². The molecular weight excluding hydrogens is 613 g/mol. The van der Waals surface area contributed by atoms with E-state index in [1.807, 2.05) is 86.9 Å². The molecule has 0 unspecified atom stereocenters. The Morgan fingerprint density at radius 3 is 1.83 bits per heavy atom. The molecule has 0 saturated heterocycles. The van der Waals surface area contributed by atoms with Gasteiger partial charge in [0, 0.05) is 12.1 Å². The highest BCUT2D eigenvalue weighted by Gasteiger charge is 2.42. The molecule has 0 fully saturated rings. The average molecular weight is 656 g/mol. The third-order valence-electron chi connectivity index (χ3n) is 7.42. The molecule has 0 spiro atoms. The number of benzene rings is 3. The van der Waals surface area contributed by atoms with Crippen LogP contribution >= 0.6 is 7.60 Å². The van der Waals surface area contributed by atoms with Crippen molar-refractivity contribution in [1.29, 1.82) is 0 Å². The maximum Gasteiger partial charge on any atom is 0.356 e. The first kappa shape index (κ1) is 34.2. The van der Waals surface area contributed by atoms with E-state index < -0.39 is 13.0 Å². The molecule has 5 aromatic rings. The van der Waals surface area contributed by atoms with Crippen molar-refractivity contribution in [2.75, 3.05) is 25.5 Å². The monoisotopic (exact) mass is 655 g/mol. The summed E-state index contributed by atoms with van der Waals surface area (Å²) in [5, 5.41) is 0. The van der Waals surface area contributed by atoms with Crippen LogP contribution in [0.15, 0.2) is 104 Å². The molecule has 0 aliphatic heterocycles. The third kappa shape index (κ3) is 7.53. The van der Waals surface area contributed by atoms with Crippen LogP contribution < -0.4 is 5.48 Å². The van der Waals surface area contributed by atoms with Crippen molar-refractivity contribution in [1.82, 2.24) is 19.5 Å². The molecule has 11 heteroatoms. The Morgan fingerprint density at radius 2 is 1.36 bits per heavy atom. The maximum atomic E-state index is 13.2. The van der Waals surface area contributed by atoms with Gasteiger partial charge in [0.1, 0.15) is 18.1 Å². The Labute approximate surface area is 276 Å². The van der Waals surface area contributed by atoms with Crippen molar-refractivity contribution in [3.63, 3.8) is 0 Å². The Kier molecular flexibility index (Phi) is 11.0. The van der Waals surface area contributed by atoms with Crippen LogP contribution in [0.2, 0.25) is 0 Å². The van der Waals surface area contributed by atoms with Crippen molar-refractivity contribution in [3.8, 4) is 0 Å². The second-order valence-corrected chi connectivity index (χ2v) is 13.5. The van der Waals surface area contributed by atoms with E-state index in [9.17, 15) is 4.57 Å². The van der Waals surface area contributed by atoms with Crippen molar-refractivity contribution in [3.05, 3.63) is 126 Å². The van der Waals surface area contributed by atoms with Gasteiger partial charge in [0.05, 0.1) is 25.9 Å². The molecule has 1 N–H and O–H groups in total. The van der Waals surface area contributed by atoms with Gasteiger partial charge < -0.3 is 13.8 Å². The van der Waals surface area contributed by atoms with E-state index in [0.717, 1.165) is 16.7 Å². The highest BCUT2D eigenvalue weighted by atomic mass is 31.2. The summed E-state index contributed by atoms with van der Waals surface area (Å²) in [6.45, 7) is 11.8. The SMILES string of the molecule is C=C(CCOCP(=O)(OC(C)C)OC(C)C)n1cnc2c(NOC)nc(C(c3ccccc3)(c3ccccc3)c3ccccc3)nc21. The van der Waals surface area contributed by atoms with Gasteiger partial charge in [0.25, 0.3) is 0 Å². The first-order chi connectivity index (χ1) is 22.7. The van der Waals surface area contributed by atoms with Gasteiger partial charge in [-0.3, -0.25) is 14.0 Å². The van der Waals surface area contributed by atoms with Crippen LogP contribution in [0.5, 0.6) is 0 Å². The van der Waals surface area contributed by atoms with Crippen LogP contribution in [0.25, 0.3) is 16.9 Å². The van der Waals surface area contributed by atoms with Crippen LogP contribution in [-0.2, 0) is 28.6 Å². The van der Waals surface area contributed by atoms with Gasteiger partial charge >= 0.3 is 7.60 Å². The van der Waals surface area contributed by atoms with Crippen molar-refractivity contribution < 1.29 is 23.2 Å². The number of rotatable bonds is 16. The van der Waals surface area contributed by atoms with Crippen LogP contribution in [0.1, 0.15) is 56.6 Å². The fourth-order valence-electron chi connectivity index (χ4n) is 5.63. The quantitative estimate of drug-likeness (QED) is 0.0489. The molecule has 2 heterocycles. The van der Waals surface area contributed by atoms with Gasteiger partial charge in [-0.2, -0.15) is 0 Å². The summed E-state index contributed by atoms with van der Waals surface area (Å²) in [7, 11) is -1.90. The van der Waals surface area contributed by atoms with Gasteiger partial charge in [0.15, 0.2) is 22.8 Å². The summed E-state index contributed by atoms with van der Waals surface area (Å²) in [6, 6.07) is 30.7. The van der Waals surface area contributed by atoms with E-state index in [4.69, 9.17) is 28.6 Å². The van der Waals surface area contributed by atoms with Crippen LogP contribution in [-0.4, -0.2) is 51.8 Å². The molecule has 0 radical (unpaired) electrons. The Hall–Kier alpha value is -4.18. The molecule has 3 aromatic carbocycles. The molecule has 10 nitrogen and oxygen atoms in total. The largest absolute Gasteiger partial charge is 0.368 e. The topological polar surface area (TPSA) is 110 Å². The van der Waals surface area contributed by atoms with E-state index >= 15 is 0 Å². The number of anilines is 1. The minimum Gasteiger partial charge on any atom is -0.368 e. The summed E-state index contributed by atoms with van der Waals surface area (Å²) in [5.74, 6) is 0.941. The summed E-state index contributed by atoms with van der Waals surface area (Å²) < 4.78 is 32.1. The second-order valence-electron chi connectivity index (χ2n) is 11.6. The number of fused-ring (bicyclic) bond motifs is 1. The molecule has 47 heavy (non-hydrogen) atoms. The Morgan fingerprint density at radius 1 is 0.851 bits per heavy atom. The van der Waals surface area contributed by atoms with Crippen LogP contribution in [0.4, 0.5) is 5.82 Å². The lowest BCUT2D eigenvalue weighted by Gasteiger charge is -2.34. The summed E-state index contributed by atoms with van der Waals surface area (Å²) in [4.78, 5) is 20.3. The lowest BCUT2D eigenvalue weighted by atomic mass is 9.68. The molecule has 0 saturated carbocycles. The lowest BCUT2D eigenvalue weighted by molar-refractivity contribution is 0.100. The minimum atomic E-state index is -3.43. The average Bonchev–Trinajstić information content (AvgIpc) is 3.49. The number of hydrogen-bond donors (Lipinski definition) is 1. The first-order valence-electron chi connectivity index (χ1n) is 15.6. The van der Waals surface area contributed by atoms with Gasteiger partial charge in [-0.25, -0.2) is 20.4 Å². The lowest BCUT2D eigenvalue weighted by Crippen LogP contribution is -2.33. The zero-order valence-corrected chi connectivity index (χ0v) is 28.4. The van der Waals surface area contributed by atoms with E-state index in [-0.39, 0.29) is 25.2 Å².